The predicted molar refractivity (Wildman–Crippen MR) is 67.8 cm³/mol. The molecule has 2 N–H and O–H groups in total. The molecular formula is C12H17ClN2O. The van der Waals surface area contributed by atoms with Gasteiger partial charge in [0.1, 0.15) is 0 Å². The van der Waals surface area contributed by atoms with Crippen LogP contribution in [0.3, 0.4) is 0 Å². The molecule has 3 nitrogen and oxygen atoms in total. The third-order valence-corrected chi connectivity index (χ3v) is 2.22. The van der Waals surface area contributed by atoms with Crippen molar-refractivity contribution in [1.82, 2.24) is 5.32 Å². The number of anilines is 1. The van der Waals surface area contributed by atoms with Crippen molar-refractivity contribution in [3.05, 3.63) is 29.3 Å². The Kier molecular flexibility index (Phi) is 5.29. The van der Waals surface area contributed by atoms with Crippen LogP contribution in [0.5, 0.6) is 0 Å². The van der Waals surface area contributed by atoms with Crippen molar-refractivity contribution in [2.24, 2.45) is 5.92 Å². The molecule has 0 heterocycles. The second-order valence-electron chi connectivity index (χ2n) is 4.08. The lowest BCUT2D eigenvalue weighted by molar-refractivity contribution is -0.115. The van der Waals surface area contributed by atoms with E-state index in [4.69, 9.17) is 11.6 Å². The van der Waals surface area contributed by atoms with E-state index >= 15 is 0 Å². The van der Waals surface area contributed by atoms with Crippen LogP contribution in [0, 0.1) is 5.92 Å². The lowest BCUT2D eigenvalue weighted by atomic mass is 10.2. The molecule has 88 valence electrons. The highest BCUT2D eigenvalue weighted by Crippen LogP contribution is 2.12. The summed E-state index contributed by atoms with van der Waals surface area (Å²) in [5.74, 6) is 0.506. The van der Waals surface area contributed by atoms with Gasteiger partial charge in [-0.05, 0) is 36.7 Å². The molecule has 1 amide bonds. The summed E-state index contributed by atoms with van der Waals surface area (Å²) in [5.41, 5.74) is 0.765. The van der Waals surface area contributed by atoms with Gasteiger partial charge in [-0.25, -0.2) is 0 Å². The molecular weight excluding hydrogens is 224 g/mol. The van der Waals surface area contributed by atoms with Crippen LogP contribution < -0.4 is 10.6 Å². The SMILES string of the molecule is CC(C)CNCC(=O)Nc1ccc(Cl)cc1. The van der Waals surface area contributed by atoms with E-state index in [0.29, 0.717) is 17.5 Å². The van der Waals surface area contributed by atoms with Crippen LogP contribution in [-0.4, -0.2) is 19.0 Å². The first-order valence-electron chi connectivity index (χ1n) is 5.34. The minimum absolute atomic E-state index is 0.0389. The number of nitrogens with one attached hydrogen (secondary N) is 2. The molecule has 0 saturated carbocycles. The Labute approximate surface area is 101 Å². The Hall–Kier alpha value is -1.06. The largest absolute Gasteiger partial charge is 0.325 e. The van der Waals surface area contributed by atoms with Crippen LogP contribution >= 0.6 is 11.6 Å². The molecule has 0 bridgehead atoms. The molecule has 1 rings (SSSR count). The van der Waals surface area contributed by atoms with Crippen LogP contribution in [0.25, 0.3) is 0 Å². The number of carbonyl (C=O) groups is 1. The van der Waals surface area contributed by atoms with Crippen LogP contribution in [0.2, 0.25) is 5.02 Å². The van der Waals surface area contributed by atoms with Gasteiger partial charge in [0.25, 0.3) is 0 Å². The van der Waals surface area contributed by atoms with E-state index in [1.807, 2.05) is 0 Å². The molecule has 1 aromatic rings. The van der Waals surface area contributed by atoms with E-state index in [0.717, 1.165) is 12.2 Å². The highest BCUT2D eigenvalue weighted by atomic mass is 35.5. The van der Waals surface area contributed by atoms with Crippen molar-refractivity contribution < 1.29 is 4.79 Å². The Morgan fingerprint density at radius 2 is 1.94 bits per heavy atom. The van der Waals surface area contributed by atoms with Gasteiger partial charge in [-0.15, -0.1) is 0 Å². The van der Waals surface area contributed by atoms with Gasteiger partial charge >= 0.3 is 0 Å². The maximum absolute atomic E-state index is 11.5. The molecule has 0 aliphatic heterocycles. The van der Waals surface area contributed by atoms with Crippen molar-refractivity contribution in [3.8, 4) is 0 Å². The third kappa shape index (κ3) is 5.14. The monoisotopic (exact) mass is 240 g/mol. The van der Waals surface area contributed by atoms with Gasteiger partial charge in [0.05, 0.1) is 6.54 Å². The van der Waals surface area contributed by atoms with Gasteiger partial charge in [0.2, 0.25) is 5.91 Å². The standard InChI is InChI=1S/C12H17ClN2O/c1-9(2)7-14-8-12(16)15-11-5-3-10(13)4-6-11/h3-6,9,14H,7-8H2,1-2H3,(H,15,16). The fourth-order valence-electron chi connectivity index (χ4n) is 1.21. The van der Waals surface area contributed by atoms with E-state index in [2.05, 4.69) is 24.5 Å². The maximum atomic E-state index is 11.5. The predicted octanol–water partition coefficient (Wildman–Crippen LogP) is 2.52. The molecule has 0 unspecified atom stereocenters. The summed E-state index contributed by atoms with van der Waals surface area (Å²) in [6, 6.07) is 7.06. The van der Waals surface area contributed by atoms with Gasteiger partial charge < -0.3 is 10.6 Å². The molecule has 1 aromatic carbocycles. The third-order valence-electron chi connectivity index (χ3n) is 1.97. The first-order valence-corrected chi connectivity index (χ1v) is 5.72. The minimum atomic E-state index is -0.0389. The van der Waals surface area contributed by atoms with Crippen LogP contribution in [0.15, 0.2) is 24.3 Å². The summed E-state index contributed by atoms with van der Waals surface area (Å²) >= 11 is 5.74. The number of halogens is 1. The first-order chi connectivity index (χ1) is 7.58. The Bertz CT molecular complexity index is 335. The van der Waals surface area contributed by atoms with Crippen molar-refractivity contribution in [2.75, 3.05) is 18.4 Å². The molecule has 0 aliphatic carbocycles. The first kappa shape index (κ1) is 13.0. The van der Waals surface area contributed by atoms with Gasteiger partial charge in [0.15, 0.2) is 0 Å². The van der Waals surface area contributed by atoms with E-state index in [1.165, 1.54) is 0 Å². The number of benzene rings is 1. The topological polar surface area (TPSA) is 41.1 Å². The van der Waals surface area contributed by atoms with E-state index < -0.39 is 0 Å². The smallest absolute Gasteiger partial charge is 0.238 e. The maximum Gasteiger partial charge on any atom is 0.238 e. The normalized spacial score (nSPS) is 10.5. The Balaban J connectivity index is 2.31. The number of hydrogen-bond acceptors (Lipinski definition) is 2. The van der Waals surface area contributed by atoms with Gasteiger partial charge in [-0.1, -0.05) is 25.4 Å². The van der Waals surface area contributed by atoms with E-state index in [9.17, 15) is 4.79 Å². The quantitative estimate of drug-likeness (QED) is 0.831. The Morgan fingerprint density at radius 1 is 1.31 bits per heavy atom. The fourth-order valence-corrected chi connectivity index (χ4v) is 1.34. The second-order valence-corrected chi connectivity index (χ2v) is 4.52. The number of hydrogen-bond donors (Lipinski definition) is 2. The Morgan fingerprint density at radius 3 is 2.50 bits per heavy atom. The number of amides is 1. The highest BCUT2D eigenvalue weighted by molar-refractivity contribution is 6.30. The molecule has 0 aliphatic rings. The minimum Gasteiger partial charge on any atom is -0.325 e. The van der Waals surface area contributed by atoms with Gasteiger partial charge in [0, 0.05) is 10.7 Å². The molecule has 16 heavy (non-hydrogen) atoms. The average molecular weight is 241 g/mol. The molecule has 0 saturated heterocycles. The summed E-state index contributed by atoms with van der Waals surface area (Å²) in [7, 11) is 0. The lowest BCUT2D eigenvalue weighted by Crippen LogP contribution is -2.30. The number of carbonyl (C=O) groups excluding carboxylic acids is 1. The van der Waals surface area contributed by atoms with E-state index in [1.54, 1.807) is 24.3 Å². The molecule has 0 atom stereocenters. The van der Waals surface area contributed by atoms with Crippen molar-refractivity contribution >= 4 is 23.2 Å². The van der Waals surface area contributed by atoms with Crippen LogP contribution in [0.1, 0.15) is 13.8 Å². The summed E-state index contributed by atoms with van der Waals surface area (Å²) in [6.07, 6.45) is 0. The molecule has 0 fully saturated rings. The average Bonchev–Trinajstić information content (AvgIpc) is 2.21. The zero-order chi connectivity index (χ0) is 12.0. The van der Waals surface area contributed by atoms with E-state index in [-0.39, 0.29) is 5.91 Å². The zero-order valence-corrected chi connectivity index (χ0v) is 10.3. The van der Waals surface area contributed by atoms with Gasteiger partial charge in [-0.2, -0.15) is 0 Å². The summed E-state index contributed by atoms with van der Waals surface area (Å²) in [5, 5.41) is 6.52. The van der Waals surface area contributed by atoms with Crippen molar-refractivity contribution in [3.63, 3.8) is 0 Å². The summed E-state index contributed by atoms with van der Waals surface area (Å²) in [6.45, 7) is 5.38. The van der Waals surface area contributed by atoms with Crippen molar-refractivity contribution in [1.29, 1.82) is 0 Å². The molecule has 0 spiro atoms. The van der Waals surface area contributed by atoms with Gasteiger partial charge in [-0.3, -0.25) is 4.79 Å². The zero-order valence-electron chi connectivity index (χ0n) is 9.59. The summed E-state index contributed by atoms with van der Waals surface area (Å²) < 4.78 is 0. The summed E-state index contributed by atoms with van der Waals surface area (Å²) in [4.78, 5) is 11.5. The van der Waals surface area contributed by atoms with Crippen LogP contribution in [0.4, 0.5) is 5.69 Å². The second kappa shape index (κ2) is 6.51. The lowest BCUT2D eigenvalue weighted by Gasteiger charge is -2.08. The molecule has 0 radical (unpaired) electrons. The van der Waals surface area contributed by atoms with Crippen LogP contribution in [-0.2, 0) is 4.79 Å². The molecule has 4 heteroatoms. The number of rotatable bonds is 5. The highest BCUT2D eigenvalue weighted by Gasteiger charge is 2.02. The van der Waals surface area contributed by atoms with Crippen molar-refractivity contribution in [2.45, 2.75) is 13.8 Å². The molecule has 0 aromatic heterocycles. The fraction of sp³-hybridized carbons (Fsp3) is 0.417.